The molecule has 1 N–H and O–H groups in total. The van der Waals surface area contributed by atoms with Crippen molar-refractivity contribution >= 4 is 0 Å². The Labute approximate surface area is 62.1 Å². The first kappa shape index (κ1) is 7.55. The van der Waals surface area contributed by atoms with Crippen LogP contribution in [0.5, 0.6) is 0 Å². The molecule has 1 atom stereocenters. The van der Waals surface area contributed by atoms with E-state index in [1.54, 1.807) is 0 Å². The number of aliphatic hydroxyl groups is 1. The molecule has 0 heterocycles. The zero-order chi connectivity index (χ0) is 7.40. The fraction of sp³-hybridized carbons (Fsp3) is 0.556. The summed E-state index contributed by atoms with van der Waals surface area (Å²) in [5, 5.41) is 9.36. The summed E-state index contributed by atoms with van der Waals surface area (Å²) in [4.78, 5) is 0. The maximum atomic E-state index is 9.36. The number of hydrogen-bond acceptors (Lipinski definition) is 1. The van der Waals surface area contributed by atoms with E-state index in [1.165, 1.54) is 0 Å². The maximum absolute atomic E-state index is 9.36. The van der Waals surface area contributed by atoms with Crippen LogP contribution >= 0.6 is 0 Å². The number of hydrogen-bond donors (Lipinski definition) is 1. The molecule has 0 saturated carbocycles. The van der Waals surface area contributed by atoms with Crippen LogP contribution < -0.4 is 0 Å². The Hall–Kier alpha value is -0.560. The molecular formula is C9H14O. The molecule has 10 heavy (non-hydrogen) atoms. The van der Waals surface area contributed by atoms with Gasteiger partial charge in [-0.25, -0.2) is 0 Å². The van der Waals surface area contributed by atoms with E-state index in [2.05, 4.69) is 12.2 Å². The highest BCUT2D eigenvalue weighted by molar-refractivity contribution is 5.25. The first-order chi connectivity index (χ1) is 4.84. The topological polar surface area (TPSA) is 20.2 Å². The minimum atomic E-state index is -0.239. The van der Waals surface area contributed by atoms with Crippen LogP contribution in [0, 0.1) is 0 Å². The van der Waals surface area contributed by atoms with Crippen LogP contribution in [-0.2, 0) is 0 Å². The van der Waals surface area contributed by atoms with Crippen LogP contribution in [0.15, 0.2) is 23.8 Å². The van der Waals surface area contributed by atoms with Gasteiger partial charge >= 0.3 is 0 Å². The second kappa shape index (κ2) is 3.57. The first-order valence-corrected chi connectivity index (χ1v) is 3.89. The van der Waals surface area contributed by atoms with Crippen LogP contribution in [0.1, 0.15) is 26.2 Å². The summed E-state index contributed by atoms with van der Waals surface area (Å²) in [7, 11) is 0. The van der Waals surface area contributed by atoms with E-state index in [0.29, 0.717) is 0 Å². The Kier molecular flexibility index (Phi) is 2.69. The van der Waals surface area contributed by atoms with Gasteiger partial charge in [0, 0.05) is 0 Å². The fourth-order valence-electron chi connectivity index (χ4n) is 1.12. The molecule has 1 unspecified atom stereocenters. The minimum Gasteiger partial charge on any atom is -0.388 e. The lowest BCUT2D eigenvalue weighted by atomic mass is 10.0. The third kappa shape index (κ3) is 1.71. The van der Waals surface area contributed by atoms with E-state index >= 15 is 0 Å². The monoisotopic (exact) mass is 138 g/mol. The van der Waals surface area contributed by atoms with Crippen molar-refractivity contribution in [1.29, 1.82) is 0 Å². The van der Waals surface area contributed by atoms with Crippen molar-refractivity contribution in [1.82, 2.24) is 0 Å². The Bertz CT molecular complexity index is 156. The smallest absolute Gasteiger partial charge is 0.0784 e. The molecule has 1 nitrogen and oxygen atoms in total. The lowest BCUT2D eigenvalue weighted by Gasteiger charge is -2.11. The quantitative estimate of drug-likeness (QED) is 0.619. The van der Waals surface area contributed by atoms with Gasteiger partial charge in [-0.1, -0.05) is 25.2 Å². The number of rotatable bonds is 2. The second-order valence-corrected chi connectivity index (χ2v) is 2.61. The van der Waals surface area contributed by atoms with Crippen molar-refractivity contribution in [3.63, 3.8) is 0 Å². The van der Waals surface area contributed by atoms with Gasteiger partial charge in [0.2, 0.25) is 0 Å². The van der Waals surface area contributed by atoms with Crippen LogP contribution in [0.3, 0.4) is 0 Å². The Morgan fingerprint density at radius 1 is 1.60 bits per heavy atom. The van der Waals surface area contributed by atoms with Gasteiger partial charge in [-0.2, -0.15) is 0 Å². The van der Waals surface area contributed by atoms with Crippen molar-refractivity contribution in [2.75, 3.05) is 0 Å². The zero-order valence-electron chi connectivity index (χ0n) is 6.38. The Balaban J connectivity index is 2.54. The zero-order valence-corrected chi connectivity index (χ0v) is 6.38. The van der Waals surface area contributed by atoms with Gasteiger partial charge < -0.3 is 5.11 Å². The third-order valence-corrected chi connectivity index (χ3v) is 1.80. The van der Waals surface area contributed by atoms with Gasteiger partial charge in [0.25, 0.3) is 0 Å². The van der Waals surface area contributed by atoms with Crippen LogP contribution in [-0.4, -0.2) is 11.2 Å². The van der Waals surface area contributed by atoms with E-state index in [1.807, 2.05) is 13.0 Å². The van der Waals surface area contributed by atoms with E-state index < -0.39 is 0 Å². The Morgan fingerprint density at radius 3 is 2.90 bits per heavy atom. The van der Waals surface area contributed by atoms with Crippen LogP contribution in [0.4, 0.5) is 0 Å². The van der Waals surface area contributed by atoms with Gasteiger partial charge in [0.15, 0.2) is 0 Å². The summed E-state index contributed by atoms with van der Waals surface area (Å²) in [5.74, 6) is 0. The summed E-state index contributed by atoms with van der Waals surface area (Å²) in [6.45, 7) is 1.99. The molecule has 1 aliphatic carbocycles. The molecule has 0 bridgehead atoms. The molecule has 0 saturated heterocycles. The highest BCUT2D eigenvalue weighted by Gasteiger charge is 2.05. The van der Waals surface area contributed by atoms with Gasteiger partial charge in [-0.3, -0.25) is 0 Å². The van der Waals surface area contributed by atoms with E-state index in [0.717, 1.165) is 24.8 Å². The molecule has 0 aromatic rings. The van der Waals surface area contributed by atoms with Crippen LogP contribution in [0.25, 0.3) is 0 Å². The first-order valence-electron chi connectivity index (χ1n) is 3.89. The molecule has 1 heteroatoms. The van der Waals surface area contributed by atoms with Crippen molar-refractivity contribution < 1.29 is 5.11 Å². The standard InChI is InChI=1S/C9H14O/c1-2-9(10)8-6-4-3-5-7-8/h4,6-7,9-10H,2-3,5H2,1H3. The summed E-state index contributed by atoms with van der Waals surface area (Å²) in [6, 6.07) is 0. The minimum absolute atomic E-state index is 0.239. The molecule has 1 aliphatic rings. The molecular weight excluding hydrogens is 124 g/mol. The summed E-state index contributed by atoms with van der Waals surface area (Å²) in [6.07, 6.45) is 9.05. The normalized spacial score (nSPS) is 20.4. The van der Waals surface area contributed by atoms with Crippen molar-refractivity contribution in [2.24, 2.45) is 0 Å². The van der Waals surface area contributed by atoms with Gasteiger partial charge in [-0.15, -0.1) is 0 Å². The molecule has 0 fully saturated rings. The third-order valence-electron chi connectivity index (χ3n) is 1.80. The fourth-order valence-corrected chi connectivity index (χ4v) is 1.12. The average molecular weight is 138 g/mol. The molecule has 0 aromatic carbocycles. The highest BCUT2D eigenvalue weighted by atomic mass is 16.3. The van der Waals surface area contributed by atoms with E-state index in [-0.39, 0.29) is 6.10 Å². The average Bonchev–Trinajstić information content (AvgIpc) is 2.05. The molecule has 0 radical (unpaired) electrons. The van der Waals surface area contributed by atoms with E-state index in [4.69, 9.17) is 0 Å². The number of aliphatic hydroxyl groups excluding tert-OH is 1. The van der Waals surface area contributed by atoms with Gasteiger partial charge in [-0.05, 0) is 24.8 Å². The van der Waals surface area contributed by atoms with Crippen molar-refractivity contribution in [2.45, 2.75) is 32.3 Å². The second-order valence-electron chi connectivity index (χ2n) is 2.61. The molecule has 0 aromatic heterocycles. The van der Waals surface area contributed by atoms with Crippen molar-refractivity contribution in [3.05, 3.63) is 23.8 Å². The molecule has 0 spiro atoms. The predicted octanol–water partition coefficient (Wildman–Crippen LogP) is 2.03. The largest absolute Gasteiger partial charge is 0.388 e. The molecule has 0 amide bonds. The number of allylic oxidation sites excluding steroid dienone is 2. The summed E-state index contributed by atoms with van der Waals surface area (Å²) in [5.41, 5.74) is 1.09. The molecule has 1 rings (SSSR count). The lowest BCUT2D eigenvalue weighted by Crippen LogP contribution is -2.07. The molecule has 0 aliphatic heterocycles. The Morgan fingerprint density at radius 2 is 2.40 bits per heavy atom. The van der Waals surface area contributed by atoms with Gasteiger partial charge in [0.1, 0.15) is 0 Å². The van der Waals surface area contributed by atoms with Crippen LogP contribution in [0.2, 0.25) is 0 Å². The summed E-state index contributed by atoms with van der Waals surface area (Å²) >= 11 is 0. The van der Waals surface area contributed by atoms with E-state index in [9.17, 15) is 5.11 Å². The maximum Gasteiger partial charge on any atom is 0.0784 e. The van der Waals surface area contributed by atoms with Gasteiger partial charge in [0.05, 0.1) is 6.10 Å². The van der Waals surface area contributed by atoms with Crippen molar-refractivity contribution in [3.8, 4) is 0 Å². The highest BCUT2D eigenvalue weighted by Crippen LogP contribution is 2.14. The predicted molar refractivity (Wildman–Crippen MR) is 42.8 cm³/mol. The molecule has 56 valence electrons. The lowest BCUT2D eigenvalue weighted by molar-refractivity contribution is 0.209. The SMILES string of the molecule is CCC(O)C1=CCCC=C1. The summed E-state index contributed by atoms with van der Waals surface area (Å²) < 4.78 is 0.